The molecular formula is C12H16F2N2O2. The van der Waals surface area contributed by atoms with Gasteiger partial charge in [-0.15, -0.1) is 0 Å². The van der Waals surface area contributed by atoms with Gasteiger partial charge in [-0.05, 0) is 24.6 Å². The van der Waals surface area contributed by atoms with Gasteiger partial charge in [0.1, 0.15) is 11.6 Å². The average molecular weight is 258 g/mol. The molecule has 18 heavy (non-hydrogen) atoms. The van der Waals surface area contributed by atoms with Crippen molar-refractivity contribution < 1.29 is 18.3 Å². The number of carbonyl (C=O) groups excluding carboxylic acids is 1. The summed E-state index contributed by atoms with van der Waals surface area (Å²) in [5, 5.41) is 2.49. The van der Waals surface area contributed by atoms with Crippen LogP contribution >= 0.6 is 0 Å². The molecule has 0 radical (unpaired) electrons. The first-order valence-corrected chi connectivity index (χ1v) is 5.66. The summed E-state index contributed by atoms with van der Waals surface area (Å²) in [5.41, 5.74) is 4.93. The van der Waals surface area contributed by atoms with Crippen LogP contribution in [0.4, 0.5) is 8.78 Å². The van der Waals surface area contributed by atoms with E-state index in [1.807, 2.05) is 0 Å². The standard InChI is InChI=1S/C12H16F2N2O2/c13-9-2-3-11(14)10(8-9)12(17)16-5-1-6-18-7-4-15/h2-3,8H,1,4-7,15H2,(H,16,17). The maximum absolute atomic E-state index is 13.2. The second-order valence-electron chi connectivity index (χ2n) is 3.63. The highest BCUT2D eigenvalue weighted by Crippen LogP contribution is 2.09. The van der Waals surface area contributed by atoms with E-state index >= 15 is 0 Å². The Balaban J connectivity index is 2.34. The van der Waals surface area contributed by atoms with E-state index in [0.29, 0.717) is 32.7 Å². The van der Waals surface area contributed by atoms with Crippen molar-refractivity contribution in [1.82, 2.24) is 5.32 Å². The third-order valence-corrected chi connectivity index (χ3v) is 2.19. The number of hydrogen-bond donors (Lipinski definition) is 2. The van der Waals surface area contributed by atoms with Crippen LogP contribution in [0.1, 0.15) is 16.8 Å². The number of nitrogens with two attached hydrogens (primary N) is 1. The predicted octanol–water partition coefficient (Wildman–Crippen LogP) is 1.06. The zero-order chi connectivity index (χ0) is 13.4. The lowest BCUT2D eigenvalue weighted by Crippen LogP contribution is -2.26. The summed E-state index contributed by atoms with van der Waals surface area (Å²) in [6.45, 7) is 1.70. The monoisotopic (exact) mass is 258 g/mol. The van der Waals surface area contributed by atoms with Crippen molar-refractivity contribution >= 4 is 5.91 Å². The molecule has 6 heteroatoms. The third-order valence-electron chi connectivity index (χ3n) is 2.19. The summed E-state index contributed by atoms with van der Waals surface area (Å²) < 4.78 is 31.2. The Hall–Kier alpha value is -1.53. The lowest BCUT2D eigenvalue weighted by molar-refractivity contribution is 0.0938. The van der Waals surface area contributed by atoms with Crippen molar-refractivity contribution in [3.8, 4) is 0 Å². The van der Waals surface area contributed by atoms with E-state index in [9.17, 15) is 13.6 Å². The van der Waals surface area contributed by atoms with E-state index in [4.69, 9.17) is 10.5 Å². The fourth-order valence-electron chi connectivity index (χ4n) is 1.33. The molecule has 0 aromatic heterocycles. The number of ether oxygens (including phenoxy) is 1. The summed E-state index contributed by atoms with van der Waals surface area (Å²) in [5.74, 6) is -2.02. The van der Waals surface area contributed by atoms with Crippen LogP contribution in [0.2, 0.25) is 0 Å². The van der Waals surface area contributed by atoms with Crippen LogP contribution in [0.25, 0.3) is 0 Å². The van der Waals surface area contributed by atoms with Gasteiger partial charge in [0.25, 0.3) is 5.91 Å². The van der Waals surface area contributed by atoms with E-state index in [0.717, 1.165) is 18.2 Å². The van der Waals surface area contributed by atoms with Gasteiger partial charge >= 0.3 is 0 Å². The van der Waals surface area contributed by atoms with E-state index in [1.165, 1.54) is 0 Å². The molecule has 0 fully saturated rings. The highest BCUT2D eigenvalue weighted by atomic mass is 19.1. The number of carbonyl (C=O) groups is 1. The Kier molecular flexibility index (Phi) is 6.24. The van der Waals surface area contributed by atoms with E-state index < -0.39 is 17.5 Å². The molecule has 0 unspecified atom stereocenters. The fraction of sp³-hybridized carbons (Fsp3) is 0.417. The van der Waals surface area contributed by atoms with Gasteiger partial charge in [0, 0.05) is 19.7 Å². The van der Waals surface area contributed by atoms with Crippen molar-refractivity contribution in [2.75, 3.05) is 26.3 Å². The predicted molar refractivity (Wildman–Crippen MR) is 63.2 cm³/mol. The number of benzene rings is 1. The Bertz CT molecular complexity index is 400. The van der Waals surface area contributed by atoms with Crippen molar-refractivity contribution in [3.63, 3.8) is 0 Å². The topological polar surface area (TPSA) is 64.3 Å². The first-order valence-electron chi connectivity index (χ1n) is 5.66. The van der Waals surface area contributed by atoms with Crippen LogP contribution in [0.5, 0.6) is 0 Å². The Morgan fingerprint density at radius 3 is 2.83 bits per heavy atom. The van der Waals surface area contributed by atoms with Crippen molar-refractivity contribution in [2.45, 2.75) is 6.42 Å². The van der Waals surface area contributed by atoms with Gasteiger partial charge in [-0.2, -0.15) is 0 Å². The van der Waals surface area contributed by atoms with Crippen LogP contribution in [0.3, 0.4) is 0 Å². The van der Waals surface area contributed by atoms with Gasteiger partial charge in [-0.3, -0.25) is 4.79 Å². The molecular weight excluding hydrogens is 242 g/mol. The molecule has 0 bridgehead atoms. The summed E-state index contributed by atoms with van der Waals surface area (Å²) in [6.07, 6.45) is 0.586. The molecule has 4 nitrogen and oxygen atoms in total. The highest BCUT2D eigenvalue weighted by molar-refractivity contribution is 5.94. The molecule has 1 aromatic rings. The van der Waals surface area contributed by atoms with Crippen LogP contribution in [0.15, 0.2) is 18.2 Å². The van der Waals surface area contributed by atoms with Crippen LogP contribution < -0.4 is 11.1 Å². The quantitative estimate of drug-likeness (QED) is 0.719. The lowest BCUT2D eigenvalue weighted by Gasteiger charge is -2.06. The molecule has 0 spiro atoms. The van der Waals surface area contributed by atoms with Crippen molar-refractivity contribution in [1.29, 1.82) is 0 Å². The molecule has 0 saturated carbocycles. The van der Waals surface area contributed by atoms with Gasteiger partial charge in [-0.25, -0.2) is 8.78 Å². The Morgan fingerprint density at radius 1 is 1.33 bits per heavy atom. The second kappa shape index (κ2) is 7.73. The molecule has 0 heterocycles. The molecule has 1 amide bonds. The molecule has 1 rings (SSSR count). The maximum Gasteiger partial charge on any atom is 0.254 e. The smallest absolute Gasteiger partial charge is 0.254 e. The minimum atomic E-state index is -0.742. The Morgan fingerprint density at radius 2 is 2.11 bits per heavy atom. The largest absolute Gasteiger partial charge is 0.380 e. The molecule has 0 atom stereocenters. The first-order chi connectivity index (χ1) is 8.65. The molecule has 0 aliphatic rings. The van der Waals surface area contributed by atoms with Gasteiger partial charge in [0.2, 0.25) is 0 Å². The lowest BCUT2D eigenvalue weighted by atomic mass is 10.2. The van der Waals surface area contributed by atoms with Gasteiger partial charge < -0.3 is 15.8 Å². The Labute approximate surface area is 104 Å². The summed E-state index contributed by atoms with van der Waals surface area (Å²) in [6, 6.07) is 2.76. The maximum atomic E-state index is 13.2. The average Bonchev–Trinajstić information content (AvgIpc) is 2.36. The van der Waals surface area contributed by atoms with Crippen molar-refractivity contribution in [3.05, 3.63) is 35.4 Å². The van der Waals surface area contributed by atoms with Crippen LogP contribution in [-0.4, -0.2) is 32.2 Å². The minimum Gasteiger partial charge on any atom is -0.380 e. The highest BCUT2D eigenvalue weighted by Gasteiger charge is 2.11. The summed E-state index contributed by atoms with van der Waals surface area (Å²) in [4.78, 5) is 11.5. The van der Waals surface area contributed by atoms with Crippen molar-refractivity contribution in [2.24, 2.45) is 5.73 Å². The summed E-state index contributed by atoms with van der Waals surface area (Å²) in [7, 11) is 0. The van der Waals surface area contributed by atoms with Crippen LogP contribution in [-0.2, 0) is 4.74 Å². The SMILES string of the molecule is NCCOCCCNC(=O)c1cc(F)ccc1F. The van der Waals surface area contributed by atoms with E-state index in [2.05, 4.69) is 5.32 Å². The number of nitrogens with one attached hydrogen (secondary N) is 1. The number of hydrogen-bond acceptors (Lipinski definition) is 3. The molecule has 0 saturated heterocycles. The first kappa shape index (κ1) is 14.5. The number of halogens is 2. The zero-order valence-corrected chi connectivity index (χ0v) is 9.92. The number of amides is 1. The fourth-order valence-corrected chi connectivity index (χ4v) is 1.33. The van der Waals surface area contributed by atoms with E-state index in [1.54, 1.807) is 0 Å². The second-order valence-corrected chi connectivity index (χ2v) is 3.63. The van der Waals surface area contributed by atoms with Gasteiger partial charge in [0.15, 0.2) is 0 Å². The van der Waals surface area contributed by atoms with E-state index in [-0.39, 0.29) is 5.56 Å². The molecule has 0 aliphatic heterocycles. The van der Waals surface area contributed by atoms with Gasteiger partial charge in [0.05, 0.1) is 12.2 Å². The van der Waals surface area contributed by atoms with Crippen LogP contribution in [0, 0.1) is 11.6 Å². The summed E-state index contributed by atoms with van der Waals surface area (Å²) >= 11 is 0. The van der Waals surface area contributed by atoms with Gasteiger partial charge in [-0.1, -0.05) is 0 Å². The molecule has 3 N–H and O–H groups in total. The zero-order valence-electron chi connectivity index (χ0n) is 9.92. The third kappa shape index (κ3) is 4.77. The number of rotatable bonds is 7. The minimum absolute atomic E-state index is 0.294. The normalized spacial score (nSPS) is 10.4. The molecule has 100 valence electrons. The molecule has 0 aliphatic carbocycles. The molecule has 1 aromatic carbocycles.